The van der Waals surface area contributed by atoms with Crippen molar-refractivity contribution >= 4 is 11.8 Å². The molecule has 0 N–H and O–H groups in total. The van der Waals surface area contributed by atoms with E-state index in [1.807, 2.05) is 12.1 Å². The quantitative estimate of drug-likeness (QED) is 0.712. The van der Waals surface area contributed by atoms with Gasteiger partial charge in [0.05, 0.1) is 13.2 Å². The second-order valence-electron chi connectivity index (χ2n) is 3.37. The van der Waals surface area contributed by atoms with Crippen LogP contribution in [0, 0.1) is 0 Å². The standard InChI is InChI=1S/C11H14O2S/c1-12-9-5-10(13-8-3-4-8)7-11(6-9)14-2/h5-8H,3-4H2,1-2H3. The van der Waals surface area contributed by atoms with Gasteiger partial charge < -0.3 is 9.47 Å². The molecule has 0 saturated heterocycles. The molecule has 0 heterocycles. The van der Waals surface area contributed by atoms with Crippen molar-refractivity contribution in [1.82, 2.24) is 0 Å². The Balaban J connectivity index is 2.19. The number of hydrogen-bond donors (Lipinski definition) is 0. The van der Waals surface area contributed by atoms with E-state index in [9.17, 15) is 0 Å². The van der Waals surface area contributed by atoms with Gasteiger partial charge in [-0.05, 0) is 31.2 Å². The molecule has 1 aromatic rings. The average molecular weight is 210 g/mol. The summed E-state index contributed by atoms with van der Waals surface area (Å²) in [7, 11) is 1.68. The SMILES string of the molecule is COc1cc(OC2CC2)cc(SC)c1. The van der Waals surface area contributed by atoms with E-state index in [1.54, 1.807) is 18.9 Å². The lowest BCUT2D eigenvalue weighted by molar-refractivity contribution is 0.300. The number of methoxy groups -OCH3 is 1. The van der Waals surface area contributed by atoms with Gasteiger partial charge in [-0.1, -0.05) is 0 Å². The van der Waals surface area contributed by atoms with E-state index in [4.69, 9.17) is 9.47 Å². The highest BCUT2D eigenvalue weighted by Crippen LogP contribution is 2.32. The summed E-state index contributed by atoms with van der Waals surface area (Å²) in [5, 5.41) is 0. The summed E-state index contributed by atoms with van der Waals surface area (Å²) in [6, 6.07) is 6.02. The van der Waals surface area contributed by atoms with E-state index in [1.165, 1.54) is 17.7 Å². The molecule has 2 nitrogen and oxygen atoms in total. The molecular formula is C11H14O2S. The summed E-state index contributed by atoms with van der Waals surface area (Å²) < 4.78 is 10.9. The van der Waals surface area contributed by atoms with E-state index in [2.05, 4.69) is 12.3 Å². The molecule has 76 valence electrons. The van der Waals surface area contributed by atoms with Gasteiger partial charge in [0.25, 0.3) is 0 Å². The van der Waals surface area contributed by atoms with Crippen LogP contribution in [-0.4, -0.2) is 19.5 Å². The van der Waals surface area contributed by atoms with Gasteiger partial charge in [-0.3, -0.25) is 0 Å². The van der Waals surface area contributed by atoms with E-state index >= 15 is 0 Å². The first-order chi connectivity index (χ1) is 6.81. The third-order valence-electron chi connectivity index (χ3n) is 2.15. The number of rotatable bonds is 4. The van der Waals surface area contributed by atoms with Gasteiger partial charge in [0.15, 0.2) is 0 Å². The highest BCUT2D eigenvalue weighted by Gasteiger charge is 2.23. The lowest BCUT2D eigenvalue weighted by Gasteiger charge is -2.08. The van der Waals surface area contributed by atoms with Crippen LogP contribution in [0.4, 0.5) is 0 Å². The molecule has 1 aliphatic carbocycles. The third kappa shape index (κ3) is 2.35. The fraction of sp³-hybridized carbons (Fsp3) is 0.455. The van der Waals surface area contributed by atoms with E-state index in [0.29, 0.717) is 6.10 Å². The minimum absolute atomic E-state index is 0.441. The highest BCUT2D eigenvalue weighted by molar-refractivity contribution is 7.98. The summed E-state index contributed by atoms with van der Waals surface area (Å²) in [4.78, 5) is 1.18. The maximum absolute atomic E-state index is 5.72. The Morgan fingerprint density at radius 3 is 2.50 bits per heavy atom. The zero-order valence-corrected chi connectivity index (χ0v) is 9.26. The lowest BCUT2D eigenvalue weighted by atomic mass is 10.3. The number of benzene rings is 1. The Bertz CT molecular complexity index is 299. The van der Waals surface area contributed by atoms with Crippen LogP contribution in [0.2, 0.25) is 0 Å². The molecule has 14 heavy (non-hydrogen) atoms. The molecule has 0 atom stereocenters. The summed E-state index contributed by atoms with van der Waals surface area (Å²) in [5.41, 5.74) is 0. The van der Waals surface area contributed by atoms with E-state index in [0.717, 1.165) is 11.5 Å². The summed E-state index contributed by atoms with van der Waals surface area (Å²) >= 11 is 1.70. The zero-order chi connectivity index (χ0) is 9.97. The van der Waals surface area contributed by atoms with Crippen molar-refractivity contribution in [3.8, 4) is 11.5 Å². The van der Waals surface area contributed by atoms with Crippen molar-refractivity contribution in [3.63, 3.8) is 0 Å². The maximum Gasteiger partial charge on any atom is 0.124 e. The van der Waals surface area contributed by atoms with Gasteiger partial charge in [-0.15, -0.1) is 11.8 Å². The molecule has 0 unspecified atom stereocenters. The van der Waals surface area contributed by atoms with Gasteiger partial charge in [0, 0.05) is 11.0 Å². The Labute approximate surface area is 88.6 Å². The van der Waals surface area contributed by atoms with Gasteiger partial charge >= 0.3 is 0 Å². The summed E-state index contributed by atoms with van der Waals surface area (Å²) in [6.07, 6.45) is 4.87. The Morgan fingerprint density at radius 1 is 1.21 bits per heavy atom. The van der Waals surface area contributed by atoms with Crippen molar-refractivity contribution in [3.05, 3.63) is 18.2 Å². The van der Waals surface area contributed by atoms with Crippen LogP contribution in [-0.2, 0) is 0 Å². The molecule has 0 aromatic heterocycles. The molecule has 1 aromatic carbocycles. The minimum atomic E-state index is 0.441. The first-order valence-electron chi connectivity index (χ1n) is 4.71. The number of ether oxygens (including phenoxy) is 2. The fourth-order valence-corrected chi connectivity index (χ4v) is 1.70. The van der Waals surface area contributed by atoms with E-state index < -0.39 is 0 Å². The number of hydrogen-bond acceptors (Lipinski definition) is 3. The van der Waals surface area contributed by atoms with Crippen molar-refractivity contribution in [2.45, 2.75) is 23.8 Å². The molecule has 0 radical (unpaired) electrons. The van der Waals surface area contributed by atoms with Crippen LogP contribution in [0.15, 0.2) is 23.1 Å². The van der Waals surface area contributed by atoms with Gasteiger partial charge in [-0.2, -0.15) is 0 Å². The molecule has 0 aliphatic heterocycles. The maximum atomic E-state index is 5.72. The molecular weight excluding hydrogens is 196 g/mol. The van der Waals surface area contributed by atoms with Crippen LogP contribution in [0.5, 0.6) is 11.5 Å². The van der Waals surface area contributed by atoms with E-state index in [-0.39, 0.29) is 0 Å². The van der Waals surface area contributed by atoms with Gasteiger partial charge in [-0.25, -0.2) is 0 Å². The molecule has 0 amide bonds. The second kappa shape index (κ2) is 4.13. The summed E-state index contributed by atoms with van der Waals surface area (Å²) in [5.74, 6) is 1.80. The van der Waals surface area contributed by atoms with Gasteiger partial charge in [0.1, 0.15) is 11.5 Å². The lowest BCUT2D eigenvalue weighted by Crippen LogP contribution is -1.96. The van der Waals surface area contributed by atoms with Crippen molar-refractivity contribution in [2.24, 2.45) is 0 Å². The second-order valence-corrected chi connectivity index (χ2v) is 4.25. The zero-order valence-electron chi connectivity index (χ0n) is 8.45. The molecule has 1 fully saturated rings. The molecule has 0 spiro atoms. The fourth-order valence-electron chi connectivity index (χ4n) is 1.23. The highest BCUT2D eigenvalue weighted by atomic mass is 32.2. The number of thioether (sulfide) groups is 1. The Hall–Kier alpha value is -0.830. The van der Waals surface area contributed by atoms with Crippen molar-refractivity contribution in [2.75, 3.05) is 13.4 Å². The summed E-state index contributed by atoms with van der Waals surface area (Å²) in [6.45, 7) is 0. The van der Waals surface area contributed by atoms with Crippen LogP contribution in [0.1, 0.15) is 12.8 Å². The van der Waals surface area contributed by atoms with Crippen LogP contribution >= 0.6 is 11.8 Å². The van der Waals surface area contributed by atoms with Crippen molar-refractivity contribution < 1.29 is 9.47 Å². The first-order valence-corrected chi connectivity index (χ1v) is 5.94. The molecule has 1 aliphatic rings. The smallest absolute Gasteiger partial charge is 0.124 e. The topological polar surface area (TPSA) is 18.5 Å². The molecule has 1 saturated carbocycles. The third-order valence-corrected chi connectivity index (χ3v) is 2.86. The molecule has 0 bridgehead atoms. The largest absolute Gasteiger partial charge is 0.497 e. The van der Waals surface area contributed by atoms with Crippen molar-refractivity contribution in [1.29, 1.82) is 0 Å². The molecule has 2 rings (SSSR count). The minimum Gasteiger partial charge on any atom is -0.497 e. The first kappa shape index (κ1) is 9.71. The normalized spacial score (nSPS) is 15.3. The van der Waals surface area contributed by atoms with Crippen LogP contribution in [0.25, 0.3) is 0 Å². The predicted octanol–water partition coefficient (Wildman–Crippen LogP) is 2.96. The molecule has 3 heteroatoms. The Kier molecular flexibility index (Phi) is 2.87. The average Bonchev–Trinajstić information content (AvgIpc) is 3.01. The Morgan fingerprint density at radius 2 is 1.93 bits per heavy atom. The van der Waals surface area contributed by atoms with Gasteiger partial charge in [0.2, 0.25) is 0 Å². The predicted molar refractivity (Wildman–Crippen MR) is 58.4 cm³/mol. The van der Waals surface area contributed by atoms with Crippen LogP contribution in [0.3, 0.4) is 0 Å². The van der Waals surface area contributed by atoms with Crippen LogP contribution < -0.4 is 9.47 Å². The monoisotopic (exact) mass is 210 g/mol.